The van der Waals surface area contributed by atoms with Gasteiger partial charge in [-0.05, 0) is 213 Å². The van der Waals surface area contributed by atoms with Gasteiger partial charge in [0.1, 0.15) is 18.2 Å². The van der Waals surface area contributed by atoms with Gasteiger partial charge < -0.3 is 39.0 Å². The Labute approximate surface area is 505 Å². The van der Waals surface area contributed by atoms with E-state index in [-0.39, 0.29) is 40.7 Å². The lowest BCUT2D eigenvalue weighted by atomic mass is 9.27. The van der Waals surface area contributed by atoms with Crippen molar-refractivity contribution >= 4 is 28.9 Å². The van der Waals surface area contributed by atoms with Gasteiger partial charge >= 0.3 is 0 Å². The molecule has 456 valence electrons. The molecular weight excluding hydrogens is 1050 g/mol. The smallest absolute Gasteiger partial charge is 0.160 e. The molecule has 7 saturated carbocycles. The average molecular weight is 1150 g/mol. The van der Waals surface area contributed by atoms with Crippen molar-refractivity contribution in [3.05, 3.63) is 93.1 Å². The second kappa shape index (κ2) is 19.2. The summed E-state index contributed by atoms with van der Waals surface area (Å²) in [7, 11) is 0. The van der Waals surface area contributed by atoms with E-state index in [1.54, 1.807) is 0 Å². The second-order valence-electron chi connectivity index (χ2n) is 33.0. The van der Waals surface area contributed by atoms with Gasteiger partial charge in [0, 0.05) is 71.7 Å². The summed E-state index contributed by atoms with van der Waals surface area (Å²) in [6.07, 6.45) is 31.3. The van der Waals surface area contributed by atoms with E-state index in [2.05, 4.69) is 106 Å². The van der Waals surface area contributed by atoms with E-state index in [0.29, 0.717) is 61.7 Å². The third-order valence-electron chi connectivity index (χ3n) is 28.9. The van der Waals surface area contributed by atoms with Gasteiger partial charge in [0.15, 0.2) is 5.78 Å². The molecule has 2 saturated heterocycles. The summed E-state index contributed by atoms with van der Waals surface area (Å²) in [4.78, 5) is 54.4. The number of ketones is 2. The number of aliphatic hydroxyl groups is 2. The zero-order valence-electron chi connectivity index (χ0n) is 52.5. The summed E-state index contributed by atoms with van der Waals surface area (Å²) in [6, 6.07) is 9.62. The number of hydrogen-bond acceptors (Lipinski definition) is 7. The van der Waals surface area contributed by atoms with Crippen LogP contribution in [0, 0.1) is 56.2 Å². The van der Waals surface area contributed by atoms with Crippen LogP contribution in [0.3, 0.4) is 0 Å². The van der Waals surface area contributed by atoms with Crippen molar-refractivity contribution in [3.8, 4) is 0 Å². The number of benzene rings is 1. The van der Waals surface area contributed by atoms with Gasteiger partial charge in [-0.25, -0.2) is 0 Å². The quantitative estimate of drug-likeness (QED) is 0.0963. The van der Waals surface area contributed by atoms with E-state index >= 15 is 9.59 Å². The maximum Gasteiger partial charge on any atom is 0.160 e. The molecule has 3 aromatic heterocycles. The topological polar surface area (TPSA) is 150 Å². The number of nitrogens with zero attached hydrogens (tertiary/aromatic N) is 1. The number of allylic oxidation sites excluding steroid dienone is 1. The number of Topliss-reactive ketones (excluding diaryl/α,β-unsaturated/α-hetero) is 2. The number of aryl methyl sites for hydroxylation is 1. The lowest BCUT2D eigenvalue weighted by molar-refractivity contribution is -0.271. The van der Waals surface area contributed by atoms with Crippen LogP contribution in [-0.4, -0.2) is 78.7 Å². The average Bonchev–Trinajstić information content (AvgIpc) is 1.64. The predicted molar refractivity (Wildman–Crippen MR) is 331 cm³/mol. The molecule has 16 atom stereocenters. The fourth-order valence-corrected chi connectivity index (χ4v) is 24.8. The number of H-pyrrole nitrogens is 2. The lowest BCUT2D eigenvalue weighted by Crippen LogP contribution is -2.74. The number of aromatic amines is 2. The first-order valence-corrected chi connectivity index (χ1v) is 34.7. The maximum absolute atomic E-state index is 16.3. The summed E-state index contributed by atoms with van der Waals surface area (Å²) in [5.41, 5.74) is 8.88. The highest BCUT2D eigenvalue weighted by Crippen LogP contribution is 2.84. The minimum absolute atomic E-state index is 0.0456. The number of rotatable bonds is 9. The van der Waals surface area contributed by atoms with Gasteiger partial charge in [0.2, 0.25) is 0 Å². The van der Waals surface area contributed by atoms with Crippen LogP contribution in [0.5, 0.6) is 0 Å². The predicted octanol–water partition coefficient (Wildman–Crippen LogP) is 15.3. The Kier molecular flexibility index (Phi) is 12.7. The molecule has 2 bridgehead atoms. The molecule has 4 N–H and O–H groups in total. The number of hydrogen-bond donors (Lipinski definition) is 4. The molecular formula is C75H99N3O7. The maximum atomic E-state index is 16.3. The van der Waals surface area contributed by atoms with Gasteiger partial charge in [0.05, 0.1) is 46.3 Å². The van der Waals surface area contributed by atoms with Crippen molar-refractivity contribution < 1.29 is 34.1 Å². The third kappa shape index (κ3) is 7.64. The van der Waals surface area contributed by atoms with Gasteiger partial charge in [-0.1, -0.05) is 104 Å². The number of aliphatic hydroxyl groups excluding tert-OH is 2. The zero-order valence-corrected chi connectivity index (χ0v) is 52.5. The molecule has 3 aliphatic heterocycles. The van der Waals surface area contributed by atoms with Crippen LogP contribution in [0.1, 0.15) is 271 Å². The Hall–Kier alpha value is -4.09. The van der Waals surface area contributed by atoms with Crippen LogP contribution in [0.15, 0.2) is 54.0 Å². The van der Waals surface area contributed by atoms with Gasteiger partial charge in [-0.2, -0.15) is 0 Å². The molecule has 2 spiro atoms. The number of ether oxygens (including phenoxy) is 2. The molecule has 10 heteroatoms. The highest BCUT2D eigenvalue weighted by molar-refractivity contribution is 6.02. The first-order chi connectivity index (χ1) is 40.7. The number of carbonyl (C=O) groups excluding carboxylic acids is 3. The van der Waals surface area contributed by atoms with Crippen molar-refractivity contribution in [2.45, 2.75) is 275 Å². The second-order valence-corrected chi connectivity index (χ2v) is 33.0. The van der Waals surface area contributed by atoms with E-state index in [0.717, 1.165) is 129 Å². The number of aldehydes is 1. The van der Waals surface area contributed by atoms with Crippen LogP contribution in [0.2, 0.25) is 0 Å². The van der Waals surface area contributed by atoms with Gasteiger partial charge in [0.25, 0.3) is 0 Å². The number of fused-ring (bicyclic) bond motifs is 8. The normalized spacial score (nSPS) is 41.7. The minimum atomic E-state index is -0.837. The standard InChI is InChI=1S/C75H99N3O7/c1-68(2)67(85-68)56(81)37-69(3)27-20-46-39-77-62-52(54(42-79)49-33-47(43-16-10-8-11-17-43)32-48(34-49)44-24-31-84-74(35-44)25-14-9-15-26-74)40-78(63(46)62)41-53-58-60(69)55(80)38-71(58,5)70(4)28-22-57-72(6,50-18-12-13-19-50)66(83)59-51-23-30-76-61(51)45-21-29-75(59,36-45)73(57,7)65(70)64(53)82/h23,30,32-34,39-40,42-45,50,53-54,56-57,59,64-65,67,76-77,81-82H,8-22,24-29,31,35-38,41H2,1-7H3/t44-,45+,53-,54-,56-,57+,59-,64-,65+,67-,69+,70+,71+,72+,73-,75+/m1/s1. The molecule has 12 aliphatic rings. The van der Waals surface area contributed by atoms with Crippen LogP contribution in [-0.2, 0) is 36.8 Å². The van der Waals surface area contributed by atoms with E-state index < -0.39 is 56.7 Å². The van der Waals surface area contributed by atoms with E-state index in [9.17, 15) is 15.0 Å². The van der Waals surface area contributed by atoms with E-state index in [1.165, 1.54) is 80.0 Å². The highest BCUT2D eigenvalue weighted by atomic mass is 16.6. The van der Waals surface area contributed by atoms with Crippen molar-refractivity contribution in [2.75, 3.05) is 6.61 Å². The summed E-state index contributed by atoms with van der Waals surface area (Å²) < 4.78 is 15.4. The molecule has 0 amide bonds. The van der Waals surface area contributed by atoms with Gasteiger partial charge in [-0.3, -0.25) is 9.59 Å². The Morgan fingerprint density at radius 1 is 0.800 bits per heavy atom. The molecule has 85 heavy (non-hydrogen) atoms. The first kappa shape index (κ1) is 56.2. The van der Waals surface area contributed by atoms with Crippen LogP contribution < -0.4 is 0 Å². The van der Waals surface area contributed by atoms with Crippen LogP contribution in [0.25, 0.3) is 11.0 Å². The molecule has 0 radical (unpaired) electrons. The summed E-state index contributed by atoms with van der Waals surface area (Å²) >= 11 is 0. The Morgan fingerprint density at radius 3 is 2.27 bits per heavy atom. The summed E-state index contributed by atoms with van der Waals surface area (Å²) in [5, 5.41) is 27.2. The Balaban J connectivity index is 0.873. The van der Waals surface area contributed by atoms with E-state index in [4.69, 9.17) is 9.47 Å². The number of nitrogens with one attached hydrogen (secondary N) is 2. The van der Waals surface area contributed by atoms with Crippen molar-refractivity contribution in [1.29, 1.82) is 0 Å². The largest absolute Gasteiger partial charge is 0.392 e. The monoisotopic (exact) mass is 1150 g/mol. The summed E-state index contributed by atoms with van der Waals surface area (Å²) in [6.45, 7) is 17.6. The SMILES string of the molecule is CC1(C)O[C@@H]1[C@H](O)C[C@]1(C)CCc2c[nH]c3c([C@H](C=O)c4cc(C5CCCCC5)cc([C@@H]5CCOC6(CCCCC6)C5)c4)cn(c23)C[C@@H]2C3=C1C(=O)C[C@]3(C)[C@@]1(C)CC[C@@H]3[C@](C)([C@H]1[C@@H]2O)[C@@]12CC[C@@H](C1)c1[nH]ccc1[C@@H]2C(=O)[C@@]3(C)C1CCCC1. The molecule has 0 unspecified atom stereocenters. The fraction of sp³-hybridized carbons (Fsp3) is 0.720. The number of aromatic nitrogens is 3. The molecule has 9 fully saturated rings. The Bertz CT molecular complexity index is 3410. The number of epoxide rings is 1. The molecule has 4 aromatic rings. The molecule has 9 aliphatic carbocycles. The minimum Gasteiger partial charge on any atom is -0.392 e. The third-order valence-corrected chi connectivity index (χ3v) is 28.9. The highest BCUT2D eigenvalue weighted by Gasteiger charge is 2.81. The van der Waals surface area contributed by atoms with Crippen molar-refractivity contribution in [1.82, 2.24) is 14.5 Å². The Morgan fingerprint density at radius 2 is 1.53 bits per heavy atom. The fourth-order valence-electron chi connectivity index (χ4n) is 24.8. The molecule has 6 heterocycles. The zero-order chi connectivity index (χ0) is 58.6. The van der Waals surface area contributed by atoms with E-state index in [1.807, 2.05) is 0 Å². The van der Waals surface area contributed by atoms with Crippen LogP contribution in [0.4, 0.5) is 0 Å². The summed E-state index contributed by atoms with van der Waals surface area (Å²) in [5.74, 6) is 0.817. The number of carbonyl (C=O) groups is 3. The van der Waals surface area contributed by atoms with Crippen LogP contribution >= 0.6 is 0 Å². The van der Waals surface area contributed by atoms with Crippen molar-refractivity contribution in [3.63, 3.8) is 0 Å². The molecule has 1 aromatic carbocycles. The lowest BCUT2D eigenvalue weighted by Gasteiger charge is -2.76. The molecule has 16 rings (SSSR count). The van der Waals surface area contributed by atoms with Crippen molar-refractivity contribution in [2.24, 2.45) is 56.2 Å². The molecule has 10 nitrogen and oxygen atoms in total. The first-order valence-electron chi connectivity index (χ1n) is 34.7. The van der Waals surface area contributed by atoms with Gasteiger partial charge in [-0.15, -0.1) is 0 Å².